The van der Waals surface area contributed by atoms with Gasteiger partial charge >= 0.3 is 5.97 Å². The molecule has 26 heavy (non-hydrogen) atoms. The highest BCUT2D eigenvalue weighted by molar-refractivity contribution is 5.92. The van der Waals surface area contributed by atoms with Crippen LogP contribution in [0.2, 0.25) is 0 Å². The van der Waals surface area contributed by atoms with Gasteiger partial charge in [0.2, 0.25) is 0 Å². The molecule has 2 heterocycles. The quantitative estimate of drug-likeness (QED) is 0.754. The first kappa shape index (κ1) is 16.0. The maximum atomic E-state index is 13.2. The van der Waals surface area contributed by atoms with Crippen LogP contribution in [-0.4, -0.2) is 26.5 Å². The van der Waals surface area contributed by atoms with E-state index in [4.69, 9.17) is 5.73 Å². The van der Waals surface area contributed by atoms with Gasteiger partial charge < -0.3 is 10.8 Å². The summed E-state index contributed by atoms with van der Waals surface area (Å²) in [7, 11) is 0. The monoisotopic (exact) mass is 348 g/mol. The van der Waals surface area contributed by atoms with Gasteiger partial charge in [0.1, 0.15) is 11.9 Å². The summed E-state index contributed by atoms with van der Waals surface area (Å²) in [6.45, 7) is 0. The zero-order valence-electron chi connectivity index (χ0n) is 13.8. The number of fused-ring (bicyclic) bond motifs is 1. The summed E-state index contributed by atoms with van der Waals surface area (Å²) >= 11 is 0. The van der Waals surface area contributed by atoms with E-state index >= 15 is 0 Å². The topological polar surface area (TPSA) is 111 Å². The number of nitrogens with two attached hydrogens (primary N) is 1. The van der Waals surface area contributed by atoms with Crippen molar-refractivity contribution >= 4 is 22.7 Å². The number of aromatic carboxylic acids is 1. The molecule has 1 aromatic heterocycles. The fourth-order valence-electron chi connectivity index (χ4n) is 3.26. The molecule has 1 atom stereocenters. The number of hydrogen-bond donors (Lipinski definition) is 2. The molecular formula is C19H16N4O3. The summed E-state index contributed by atoms with van der Waals surface area (Å²) in [5.74, 6) is -0.195. The molecule has 0 amide bonds. The Balaban J connectivity index is 2.09. The van der Waals surface area contributed by atoms with Gasteiger partial charge in [-0.2, -0.15) is 0 Å². The molecule has 3 N–H and O–H groups in total. The molecule has 7 heteroatoms. The summed E-state index contributed by atoms with van der Waals surface area (Å²) in [4.78, 5) is 33.9. The molecule has 0 fully saturated rings. The van der Waals surface area contributed by atoms with Crippen molar-refractivity contribution in [3.8, 4) is 5.69 Å². The molecule has 1 aliphatic rings. The van der Waals surface area contributed by atoms with Crippen molar-refractivity contribution in [1.29, 1.82) is 0 Å². The van der Waals surface area contributed by atoms with Gasteiger partial charge in [-0.1, -0.05) is 24.3 Å². The van der Waals surface area contributed by atoms with Crippen LogP contribution in [0.1, 0.15) is 35.1 Å². The minimum absolute atomic E-state index is 0.0304. The molecule has 0 aliphatic carbocycles. The molecule has 0 bridgehead atoms. The second-order valence-corrected chi connectivity index (χ2v) is 6.12. The number of carbonyl (C=O) groups is 1. The van der Waals surface area contributed by atoms with Gasteiger partial charge in [-0.3, -0.25) is 14.4 Å². The Labute approximate surface area is 148 Å². The third-order valence-corrected chi connectivity index (χ3v) is 4.47. The summed E-state index contributed by atoms with van der Waals surface area (Å²) in [6.07, 6.45) is 1.25. The van der Waals surface area contributed by atoms with Gasteiger partial charge in [0, 0.05) is 6.42 Å². The molecule has 0 saturated heterocycles. The smallest absolute Gasteiger partial charge is 0.337 e. The number of hydrogen-bond acceptors (Lipinski definition) is 5. The lowest BCUT2D eigenvalue weighted by molar-refractivity contribution is 0.0697. The number of rotatable bonds is 3. The van der Waals surface area contributed by atoms with Gasteiger partial charge in [-0.15, -0.1) is 0 Å². The molecule has 0 radical (unpaired) electrons. The first-order valence-electron chi connectivity index (χ1n) is 8.23. The van der Waals surface area contributed by atoms with Crippen LogP contribution < -0.4 is 11.3 Å². The fraction of sp³-hybridized carbons (Fsp3) is 0.158. The highest BCUT2D eigenvalue weighted by atomic mass is 16.4. The Morgan fingerprint density at radius 2 is 1.88 bits per heavy atom. The standard InChI is InChI=1S/C19H16N4O3/c20-16-10-9-14(21-16)17-22-13-7-3-1-5-11(13)18(24)23(17)15-8-4-2-6-12(15)19(25)26/h1-8,14H,9-10H2,(H2,20,21)(H,25,26). The van der Waals surface area contributed by atoms with E-state index in [0.29, 0.717) is 35.4 Å². The van der Waals surface area contributed by atoms with E-state index in [9.17, 15) is 14.7 Å². The minimum atomic E-state index is -1.11. The van der Waals surface area contributed by atoms with Crippen LogP contribution >= 0.6 is 0 Å². The second kappa shape index (κ2) is 6.11. The number of aromatic nitrogens is 2. The van der Waals surface area contributed by atoms with Crippen molar-refractivity contribution in [1.82, 2.24) is 9.55 Å². The zero-order chi connectivity index (χ0) is 18.3. The Bertz CT molecular complexity index is 1120. The van der Waals surface area contributed by atoms with E-state index in [1.807, 2.05) is 0 Å². The Kier molecular flexibility index (Phi) is 3.76. The molecule has 0 spiro atoms. The summed E-state index contributed by atoms with van der Waals surface area (Å²) < 4.78 is 1.36. The van der Waals surface area contributed by atoms with E-state index in [2.05, 4.69) is 9.98 Å². The molecule has 4 rings (SSSR count). The predicted molar refractivity (Wildman–Crippen MR) is 97.9 cm³/mol. The Morgan fingerprint density at radius 1 is 1.15 bits per heavy atom. The third kappa shape index (κ3) is 2.54. The van der Waals surface area contributed by atoms with Gasteiger partial charge in [-0.05, 0) is 30.7 Å². The maximum Gasteiger partial charge on any atom is 0.337 e. The first-order valence-corrected chi connectivity index (χ1v) is 8.23. The Morgan fingerprint density at radius 3 is 2.62 bits per heavy atom. The van der Waals surface area contributed by atoms with Gasteiger partial charge in [0.05, 0.1) is 28.0 Å². The fourth-order valence-corrected chi connectivity index (χ4v) is 3.26. The van der Waals surface area contributed by atoms with Crippen molar-refractivity contribution in [2.45, 2.75) is 18.9 Å². The number of carboxylic acid groups (broad SMARTS) is 1. The van der Waals surface area contributed by atoms with Crippen molar-refractivity contribution in [3.05, 3.63) is 70.3 Å². The summed E-state index contributed by atoms with van der Waals surface area (Å²) in [5, 5.41) is 9.97. The van der Waals surface area contributed by atoms with Gasteiger partial charge in [-0.25, -0.2) is 9.78 Å². The zero-order valence-corrected chi connectivity index (χ0v) is 13.8. The first-order chi connectivity index (χ1) is 12.6. The third-order valence-electron chi connectivity index (χ3n) is 4.47. The highest BCUT2D eigenvalue weighted by Crippen LogP contribution is 2.29. The van der Waals surface area contributed by atoms with Crippen LogP contribution in [0.15, 0.2) is 58.3 Å². The summed E-state index contributed by atoms with van der Waals surface area (Å²) in [5.41, 5.74) is 6.36. The molecule has 2 aromatic carbocycles. The van der Waals surface area contributed by atoms with E-state index in [1.54, 1.807) is 42.5 Å². The van der Waals surface area contributed by atoms with Gasteiger partial charge in [0.25, 0.3) is 5.56 Å². The average molecular weight is 348 g/mol. The SMILES string of the molecule is NC1=NC(c2nc3ccccc3c(=O)n2-c2ccccc2C(=O)O)CC1. The van der Waals surface area contributed by atoms with E-state index in [0.717, 1.165) is 0 Å². The number of para-hydroxylation sites is 2. The number of amidine groups is 1. The van der Waals surface area contributed by atoms with Crippen LogP contribution in [0.4, 0.5) is 0 Å². The number of benzene rings is 2. The lowest BCUT2D eigenvalue weighted by Crippen LogP contribution is -2.26. The Hall–Kier alpha value is -3.48. The molecule has 3 aromatic rings. The molecule has 130 valence electrons. The van der Waals surface area contributed by atoms with E-state index < -0.39 is 5.97 Å². The maximum absolute atomic E-state index is 13.2. The van der Waals surface area contributed by atoms with Gasteiger partial charge in [0.15, 0.2) is 0 Å². The van der Waals surface area contributed by atoms with Crippen molar-refractivity contribution < 1.29 is 9.90 Å². The van der Waals surface area contributed by atoms with Crippen LogP contribution in [0.5, 0.6) is 0 Å². The predicted octanol–water partition coefficient (Wildman–Crippen LogP) is 2.28. The largest absolute Gasteiger partial charge is 0.478 e. The van der Waals surface area contributed by atoms with Crippen LogP contribution in [0.3, 0.4) is 0 Å². The number of aliphatic imine (C=N–C) groups is 1. The van der Waals surface area contributed by atoms with Crippen molar-refractivity contribution in [2.24, 2.45) is 10.7 Å². The normalized spacial score (nSPS) is 16.6. The molecule has 1 unspecified atom stereocenters. The van der Waals surface area contributed by atoms with E-state index in [1.165, 1.54) is 10.6 Å². The molecular weight excluding hydrogens is 332 g/mol. The van der Waals surface area contributed by atoms with Crippen molar-refractivity contribution in [2.75, 3.05) is 0 Å². The minimum Gasteiger partial charge on any atom is -0.478 e. The van der Waals surface area contributed by atoms with Crippen LogP contribution in [0, 0.1) is 0 Å². The van der Waals surface area contributed by atoms with Crippen LogP contribution in [0.25, 0.3) is 16.6 Å². The highest BCUT2D eigenvalue weighted by Gasteiger charge is 2.26. The number of carboxylic acids is 1. The van der Waals surface area contributed by atoms with E-state index in [-0.39, 0.29) is 22.9 Å². The lowest BCUT2D eigenvalue weighted by atomic mass is 10.1. The second-order valence-electron chi connectivity index (χ2n) is 6.12. The molecule has 7 nitrogen and oxygen atoms in total. The molecule has 1 aliphatic heterocycles. The molecule has 0 saturated carbocycles. The average Bonchev–Trinajstić information content (AvgIpc) is 3.08. The van der Waals surface area contributed by atoms with Crippen molar-refractivity contribution in [3.63, 3.8) is 0 Å². The number of nitrogens with zero attached hydrogens (tertiary/aromatic N) is 3. The lowest BCUT2D eigenvalue weighted by Gasteiger charge is -2.17. The van der Waals surface area contributed by atoms with Crippen LogP contribution in [-0.2, 0) is 0 Å². The summed E-state index contributed by atoms with van der Waals surface area (Å²) in [6, 6.07) is 13.0.